The number of allylic oxidation sites excluding steroid dienone is 2. The van der Waals surface area contributed by atoms with Crippen molar-refractivity contribution in [3.05, 3.63) is 11.8 Å². The van der Waals surface area contributed by atoms with Crippen molar-refractivity contribution in [3.63, 3.8) is 0 Å². The highest BCUT2D eigenvalue weighted by Crippen LogP contribution is 2.01. The van der Waals surface area contributed by atoms with Gasteiger partial charge in [0.15, 0.2) is 0 Å². The molecule has 2 nitrogen and oxygen atoms in total. The first-order chi connectivity index (χ1) is 4.70. The maximum atomic E-state index is 10.6. The van der Waals surface area contributed by atoms with Crippen molar-refractivity contribution < 1.29 is 4.79 Å². The lowest BCUT2D eigenvalue weighted by Crippen LogP contribution is -1.90. The number of Topliss-reactive ketones (excluding diaryl/α,β-unsaturated/α-hetero) is 1. The molecule has 0 spiro atoms. The zero-order chi connectivity index (χ0) is 7.98. The average molecular weight is 139 g/mol. The van der Waals surface area contributed by atoms with E-state index in [0.29, 0.717) is 6.42 Å². The Balaban J connectivity index is 3.98. The second-order valence-electron chi connectivity index (χ2n) is 2.05. The summed E-state index contributed by atoms with van der Waals surface area (Å²) in [7, 11) is 0. The Bertz CT molecular complexity index is 168. The molecule has 0 saturated carbocycles. The number of hydrogen-bond donors (Lipinski definition) is 0. The lowest BCUT2D eigenvalue weighted by Gasteiger charge is -1.93. The summed E-state index contributed by atoms with van der Waals surface area (Å²) in [6.45, 7) is 5.28. The molecule has 10 heavy (non-hydrogen) atoms. The highest BCUT2D eigenvalue weighted by Gasteiger charge is 1.95. The van der Waals surface area contributed by atoms with E-state index in [1.54, 1.807) is 13.1 Å². The van der Waals surface area contributed by atoms with Gasteiger partial charge in [-0.3, -0.25) is 9.79 Å². The van der Waals surface area contributed by atoms with Crippen LogP contribution >= 0.6 is 0 Å². The minimum absolute atomic E-state index is 0.152. The summed E-state index contributed by atoms with van der Waals surface area (Å²) in [4.78, 5) is 14.6. The van der Waals surface area contributed by atoms with Crippen molar-refractivity contribution in [2.75, 3.05) is 0 Å². The number of aliphatic imine (C=N–C) groups is 1. The number of nitrogens with zero attached hydrogens (tertiary/aromatic N) is 1. The van der Waals surface area contributed by atoms with Crippen LogP contribution in [0.15, 0.2) is 16.8 Å². The lowest BCUT2D eigenvalue weighted by atomic mass is 10.2. The van der Waals surface area contributed by atoms with E-state index in [0.717, 1.165) is 5.70 Å². The van der Waals surface area contributed by atoms with Crippen molar-refractivity contribution in [1.82, 2.24) is 0 Å². The molecule has 0 aliphatic carbocycles. The monoisotopic (exact) mass is 139 g/mol. The van der Waals surface area contributed by atoms with Gasteiger partial charge in [-0.2, -0.15) is 0 Å². The van der Waals surface area contributed by atoms with Crippen molar-refractivity contribution in [2.24, 2.45) is 4.99 Å². The van der Waals surface area contributed by atoms with Gasteiger partial charge >= 0.3 is 0 Å². The molecular formula is C8H13NO. The summed E-state index contributed by atoms with van der Waals surface area (Å²) >= 11 is 0. The van der Waals surface area contributed by atoms with E-state index in [9.17, 15) is 4.79 Å². The van der Waals surface area contributed by atoms with Crippen molar-refractivity contribution in [2.45, 2.75) is 27.2 Å². The number of carbonyl (C=O) groups is 1. The van der Waals surface area contributed by atoms with E-state index in [2.05, 4.69) is 4.99 Å². The first-order valence-corrected chi connectivity index (χ1v) is 3.34. The summed E-state index contributed by atoms with van der Waals surface area (Å²) in [5, 5.41) is 0. The van der Waals surface area contributed by atoms with Gasteiger partial charge in [0.2, 0.25) is 0 Å². The highest BCUT2D eigenvalue weighted by atomic mass is 16.1. The van der Waals surface area contributed by atoms with E-state index in [4.69, 9.17) is 0 Å². The molecule has 0 radical (unpaired) electrons. The molecule has 0 heterocycles. The molecule has 0 amide bonds. The van der Waals surface area contributed by atoms with Crippen LogP contribution < -0.4 is 0 Å². The SMILES string of the molecule is CC=N/C(=C\C)CC(C)=O. The fourth-order valence-electron chi connectivity index (χ4n) is 0.643. The first-order valence-electron chi connectivity index (χ1n) is 3.34. The number of ketones is 1. The third kappa shape index (κ3) is 4.01. The lowest BCUT2D eigenvalue weighted by molar-refractivity contribution is -0.116. The minimum Gasteiger partial charge on any atom is -0.300 e. The maximum absolute atomic E-state index is 10.6. The molecule has 0 N–H and O–H groups in total. The molecule has 56 valence electrons. The van der Waals surface area contributed by atoms with Gasteiger partial charge in [-0.1, -0.05) is 6.08 Å². The molecular weight excluding hydrogens is 126 g/mol. The summed E-state index contributed by atoms with van der Waals surface area (Å²) < 4.78 is 0. The van der Waals surface area contributed by atoms with Gasteiger partial charge in [0.1, 0.15) is 5.78 Å². The van der Waals surface area contributed by atoms with Crippen LogP contribution in [0.5, 0.6) is 0 Å². The summed E-state index contributed by atoms with van der Waals surface area (Å²) in [5.74, 6) is 0.152. The normalized spacial score (nSPS) is 12.5. The van der Waals surface area contributed by atoms with Gasteiger partial charge < -0.3 is 0 Å². The van der Waals surface area contributed by atoms with Crippen LogP contribution in [0.2, 0.25) is 0 Å². The zero-order valence-electron chi connectivity index (χ0n) is 6.72. The van der Waals surface area contributed by atoms with Crippen LogP contribution in [-0.4, -0.2) is 12.0 Å². The van der Waals surface area contributed by atoms with Gasteiger partial charge in [0, 0.05) is 18.3 Å². The van der Waals surface area contributed by atoms with E-state index >= 15 is 0 Å². The minimum atomic E-state index is 0.152. The Morgan fingerprint density at radius 2 is 2.10 bits per heavy atom. The Morgan fingerprint density at radius 1 is 1.50 bits per heavy atom. The molecule has 0 aromatic heterocycles. The van der Waals surface area contributed by atoms with Crippen LogP contribution in [0.3, 0.4) is 0 Å². The molecule has 0 bridgehead atoms. The van der Waals surface area contributed by atoms with Crippen molar-refractivity contribution in [3.8, 4) is 0 Å². The molecule has 2 heteroatoms. The van der Waals surface area contributed by atoms with Crippen molar-refractivity contribution >= 4 is 12.0 Å². The number of carbonyl (C=O) groups excluding carboxylic acids is 1. The predicted molar refractivity (Wildman–Crippen MR) is 43.2 cm³/mol. The van der Waals surface area contributed by atoms with Gasteiger partial charge in [0.05, 0.1) is 0 Å². The molecule has 0 atom stereocenters. The first kappa shape index (κ1) is 9.08. The van der Waals surface area contributed by atoms with Gasteiger partial charge in [0.25, 0.3) is 0 Å². The smallest absolute Gasteiger partial charge is 0.135 e. The van der Waals surface area contributed by atoms with Crippen LogP contribution in [0.25, 0.3) is 0 Å². The second-order valence-corrected chi connectivity index (χ2v) is 2.05. The number of hydrogen-bond acceptors (Lipinski definition) is 2. The molecule has 0 aromatic carbocycles. The van der Waals surface area contributed by atoms with Crippen molar-refractivity contribution in [1.29, 1.82) is 0 Å². The van der Waals surface area contributed by atoms with E-state index in [1.165, 1.54) is 0 Å². The molecule has 0 fully saturated rings. The molecule has 0 rings (SSSR count). The van der Waals surface area contributed by atoms with Gasteiger partial charge in [-0.15, -0.1) is 0 Å². The van der Waals surface area contributed by atoms with E-state index in [-0.39, 0.29) is 5.78 Å². The van der Waals surface area contributed by atoms with Gasteiger partial charge in [-0.05, 0) is 20.8 Å². The fourth-order valence-corrected chi connectivity index (χ4v) is 0.643. The van der Waals surface area contributed by atoms with E-state index < -0.39 is 0 Å². The highest BCUT2D eigenvalue weighted by molar-refractivity contribution is 5.78. The summed E-state index contributed by atoms with van der Waals surface area (Å²) in [6, 6.07) is 0. The van der Waals surface area contributed by atoms with Gasteiger partial charge in [-0.25, -0.2) is 0 Å². The average Bonchev–Trinajstić information content (AvgIpc) is 1.86. The van der Waals surface area contributed by atoms with Crippen LogP contribution in [-0.2, 0) is 4.79 Å². The Kier molecular flexibility index (Phi) is 4.46. The Hall–Kier alpha value is -0.920. The molecule has 0 aromatic rings. The molecule has 0 aliphatic heterocycles. The third-order valence-corrected chi connectivity index (χ3v) is 1.06. The van der Waals surface area contributed by atoms with Crippen LogP contribution in [0.4, 0.5) is 0 Å². The molecule has 0 aliphatic rings. The number of rotatable bonds is 3. The largest absolute Gasteiger partial charge is 0.300 e. The predicted octanol–water partition coefficient (Wildman–Crippen LogP) is 1.96. The Morgan fingerprint density at radius 3 is 2.40 bits per heavy atom. The summed E-state index contributed by atoms with van der Waals surface area (Å²) in [6.07, 6.45) is 3.99. The van der Waals surface area contributed by atoms with Crippen LogP contribution in [0, 0.1) is 0 Å². The van der Waals surface area contributed by atoms with Crippen LogP contribution in [0.1, 0.15) is 27.2 Å². The standard InChI is InChI=1S/C8H13NO/c1-4-8(9-5-2)6-7(3)10/h4-5H,6H2,1-3H3/b8-4-,9-5?. The second kappa shape index (κ2) is 4.91. The Labute approximate surface area is 61.7 Å². The topological polar surface area (TPSA) is 29.4 Å². The maximum Gasteiger partial charge on any atom is 0.135 e. The fraction of sp³-hybridized carbons (Fsp3) is 0.500. The third-order valence-electron chi connectivity index (χ3n) is 1.06. The zero-order valence-corrected chi connectivity index (χ0v) is 6.72. The quantitative estimate of drug-likeness (QED) is 0.549. The summed E-state index contributed by atoms with van der Waals surface area (Å²) in [5.41, 5.74) is 0.843. The molecule has 0 saturated heterocycles. The molecule has 0 unspecified atom stereocenters. The van der Waals surface area contributed by atoms with E-state index in [1.807, 2.05) is 19.9 Å².